The maximum Gasteiger partial charge on any atom is 0.319 e. The molecule has 1 aromatic rings. The standard InChI is InChI=1S/C12H14F2N2O2/c13-8-1-2-9(14)10(5-8)16-11(18)15-6-12(7-17)3-4-12/h1-2,5,17H,3-4,6-7H2,(H2,15,16,18). The van der Waals surface area contributed by atoms with E-state index in [4.69, 9.17) is 5.11 Å². The number of carbonyl (C=O) groups excluding carboxylic acids is 1. The molecule has 4 nitrogen and oxygen atoms in total. The molecule has 0 atom stereocenters. The summed E-state index contributed by atoms with van der Waals surface area (Å²) in [6, 6.07) is 2.22. The minimum Gasteiger partial charge on any atom is -0.396 e. The number of aliphatic hydroxyl groups is 1. The van der Waals surface area contributed by atoms with Gasteiger partial charge in [0.1, 0.15) is 11.6 Å². The van der Waals surface area contributed by atoms with Crippen LogP contribution in [-0.2, 0) is 0 Å². The van der Waals surface area contributed by atoms with Gasteiger partial charge in [0.25, 0.3) is 0 Å². The zero-order chi connectivity index (χ0) is 13.2. The Labute approximate surface area is 103 Å². The zero-order valence-electron chi connectivity index (χ0n) is 9.67. The summed E-state index contributed by atoms with van der Waals surface area (Å²) < 4.78 is 26.1. The molecule has 0 heterocycles. The van der Waals surface area contributed by atoms with Crippen molar-refractivity contribution in [2.75, 3.05) is 18.5 Å². The third-order valence-electron chi connectivity index (χ3n) is 3.09. The predicted molar refractivity (Wildman–Crippen MR) is 62.1 cm³/mol. The quantitative estimate of drug-likeness (QED) is 0.770. The van der Waals surface area contributed by atoms with Gasteiger partial charge in [-0.25, -0.2) is 13.6 Å². The van der Waals surface area contributed by atoms with E-state index in [-0.39, 0.29) is 17.7 Å². The summed E-state index contributed by atoms with van der Waals surface area (Å²) in [5.41, 5.74) is -0.431. The van der Waals surface area contributed by atoms with Crippen LogP contribution in [0.15, 0.2) is 18.2 Å². The Kier molecular flexibility index (Phi) is 3.47. The molecule has 3 N–H and O–H groups in total. The number of carbonyl (C=O) groups is 1. The van der Waals surface area contributed by atoms with Crippen molar-refractivity contribution in [3.63, 3.8) is 0 Å². The van der Waals surface area contributed by atoms with Gasteiger partial charge in [-0.15, -0.1) is 0 Å². The van der Waals surface area contributed by atoms with Gasteiger partial charge in [-0.05, 0) is 25.0 Å². The van der Waals surface area contributed by atoms with Gasteiger partial charge in [0.2, 0.25) is 0 Å². The van der Waals surface area contributed by atoms with Crippen molar-refractivity contribution in [3.05, 3.63) is 29.8 Å². The Morgan fingerprint density at radius 1 is 1.39 bits per heavy atom. The topological polar surface area (TPSA) is 61.4 Å². The molecule has 0 unspecified atom stereocenters. The molecule has 1 aromatic carbocycles. The van der Waals surface area contributed by atoms with E-state index >= 15 is 0 Å². The number of anilines is 1. The molecule has 1 saturated carbocycles. The molecular formula is C12H14F2N2O2. The highest BCUT2D eigenvalue weighted by Crippen LogP contribution is 2.44. The number of urea groups is 1. The van der Waals surface area contributed by atoms with Crippen molar-refractivity contribution >= 4 is 11.7 Å². The molecule has 18 heavy (non-hydrogen) atoms. The van der Waals surface area contributed by atoms with Gasteiger partial charge < -0.3 is 15.7 Å². The minimum atomic E-state index is -0.699. The van der Waals surface area contributed by atoms with Gasteiger partial charge in [0.15, 0.2) is 0 Å². The van der Waals surface area contributed by atoms with Gasteiger partial charge in [0, 0.05) is 18.0 Å². The first kappa shape index (κ1) is 12.8. The van der Waals surface area contributed by atoms with Crippen LogP contribution in [0.25, 0.3) is 0 Å². The Balaban J connectivity index is 1.89. The highest BCUT2D eigenvalue weighted by molar-refractivity contribution is 5.89. The summed E-state index contributed by atoms with van der Waals surface area (Å²) in [6.45, 7) is 0.341. The van der Waals surface area contributed by atoms with Crippen LogP contribution in [0.5, 0.6) is 0 Å². The van der Waals surface area contributed by atoms with Gasteiger partial charge in [-0.2, -0.15) is 0 Å². The lowest BCUT2D eigenvalue weighted by molar-refractivity contribution is 0.206. The van der Waals surface area contributed by atoms with E-state index < -0.39 is 17.7 Å². The summed E-state index contributed by atoms with van der Waals surface area (Å²) in [4.78, 5) is 11.5. The molecule has 2 rings (SSSR count). The normalized spacial score (nSPS) is 16.2. The molecular weight excluding hydrogens is 242 g/mol. The Hall–Kier alpha value is -1.69. The third kappa shape index (κ3) is 2.95. The average Bonchev–Trinajstić information content (AvgIpc) is 3.12. The summed E-state index contributed by atoms with van der Waals surface area (Å²) >= 11 is 0. The number of hydrogen-bond donors (Lipinski definition) is 3. The van der Waals surface area contributed by atoms with Crippen LogP contribution >= 0.6 is 0 Å². The fraction of sp³-hybridized carbons (Fsp3) is 0.417. The van der Waals surface area contributed by atoms with Crippen molar-refractivity contribution in [3.8, 4) is 0 Å². The summed E-state index contributed by atoms with van der Waals surface area (Å²) in [5, 5.41) is 13.8. The smallest absolute Gasteiger partial charge is 0.319 e. The molecule has 1 aliphatic carbocycles. The fourth-order valence-corrected chi connectivity index (χ4v) is 1.60. The highest BCUT2D eigenvalue weighted by Gasteiger charge is 2.42. The van der Waals surface area contributed by atoms with E-state index in [1.165, 1.54) is 0 Å². The van der Waals surface area contributed by atoms with Crippen LogP contribution in [0, 0.1) is 17.0 Å². The van der Waals surface area contributed by atoms with Crippen molar-refractivity contribution in [1.29, 1.82) is 0 Å². The van der Waals surface area contributed by atoms with Crippen LogP contribution in [0.3, 0.4) is 0 Å². The van der Waals surface area contributed by atoms with Crippen LogP contribution in [0.2, 0.25) is 0 Å². The van der Waals surface area contributed by atoms with E-state index in [2.05, 4.69) is 10.6 Å². The number of amides is 2. The Bertz CT molecular complexity index is 461. The van der Waals surface area contributed by atoms with Gasteiger partial charge in [-0.1, -0.05) is 0 Å². The van der Waals surface area contributed by atoms with E-state index in [1.54, 1.807) is 0 Å². The monoisotopic (exact) mass is 256 g/mol. The maximum absolute atomic E-state index is 13.2. The SMILES string of the molecule is O=C(NCC1(CO)CC1)Nc1cc(F)ccc1F. The van der Waals surface area contributed by atoms with Gasteiger partial charge in [-0.3, -0.25) is 0 Å². The molecule has 0 radical (unpaired) electrons. The molecule has 1 fully saturated rings. The number of aliphatic hydroxyl groups excluding tert-OH is 1. The van der Waals surface area contributed by atoms with Crippen LogP contribution in [0.4, 0.5) is 19.3 Å². The predicted octanol–water partition coefficient (Wildman–Crippen LogP) is 1.86. The largest absolute Gasteiger partial charge is 0.396 e. The molecule has 98 valence electrons. The van der Waals surface area contributed by atoms with Crippen molar-refractivity contribution < 1.29 is 18.7 Å². The molecule has 6 heteroatoms. The van der Waals surface area contributed by atoms with Gasteiger partial charge >= 0.3 is 6.03 Å². The Morgan fingerprint density at radius 2 is 2.11 bits per heavy atom. The highest BCUT2D eigenvalue weighted by atomic mass is 19.1. The number of benzene rings is 1. The summed E-state index contributed by atoms with van der Waals surface area (Å²) in [6.07, 6.45) is 1.72. The molecule has 0 saturated heterocycles. The summed E-state index contributed by atoms with van der Waals surface area (Å²) in [7, 11) is 0. The van der Waals surface area contributed by atoms with Crippen LogP contribution in [-0.4, -0.2) is 24.3 Å². The fourth-order valence-electron chi connectivity index (χ4n) is 1.60. The molecule has 0 bridgehead atoms. The van der Waals surface area contributed by atoms with Crippen LogP contribution in [0.1, 0.15) is 12.8 Å². The first-order valence-electron chi connectivity index (χ1n) is 5.65. The molecule has 0 aliphatic heterocycles. The lowest BCUT2D eigenvalue weighted by Gasteiger charge is -2.13. The lowest BCUT2D eigenvalue weighted by atomic mass is 10.1. The first-order valence-corrected chi connectivity index (χ1v) is 5.65. The van der Waals surface area contributed by atoms with Crippen LogP contribution < -0.4 is 10.6 Å². The third-order valence-corrected chi connectivity index (χ3v) is 3.09. The summed E-state index contributed by atoms with van der Waals surface area (Å²) in [5.74, 6) is -1.32. The maximum atomic E-state index is 13.2. The molecule has 0 spiro atoms. The minimum absolute atomic E-state index is 0.0155. The molecule has 2 amide bonds. The number of hydrogen-bond acceptors (Lipinski definition) is 2. The number of nitrogens with one attached hydrogen (secondary N) is 2. The van der Waals surface area contributed by atoms with Gasteiger partial charge in [0.05, 0.1) is 12.3 Å². The second-order valence-electron chi connectivity index (χ2n) is 4.59. The second-order valence-corrected chi connectivity index (χ2v) is 4.59. The second kappa shape index (κ2) is 4.89. The van der Waals surface area contributed by atoms with Crippen molar-refractivity contribution in [1.82, 2.24) is 5.32 Å². The molecule has 0 aromatic heterocycles. The van der Waals surface area contributed by atoms with E-state index in [0.717, 1.165) is 31.0 Å². The molecule has 1 aliphatic rings. The Morgan fingerprint density at radius 3 is 2.72 bits per heavy atom. The lowest BCUT2D eigenvalue weighted by Crippen LogP contribution is -2.35. The van der Waals surface area contributed by atoms with E-state index in [1.807, 2.05) is 0 Å². The zero-order valence-corrected chi connectivity index (χ0v) is 9.67. The number of rotatable bonds is 4. The van der Waals surface area contributed by atoms with E-state index in [0.29, 0.717) is 6.54 Å². The van der Waals surface area contributed by atoms with Crippen molar-refractivity contribution in [2.45, 2.75) is 12.8 Å². The van der Waals surface area contributed by atoms with E-state index in [9.17, 15) is 13.6 Å². The average molecular weight is 256 g/mol. The first-order chi connectivity index (χ1) is 8.54. The van der Waals surface area contributed by atoms with Crippen molar-refractivity contribution in [2.24, 2.45) is 5.41 Å². The number of halogens is 2.